The van der Waals surface area contributed by atoms with Gasteiger partial charge in [-0.3, -0.25) is 3.97 Å². The highest BCUT2D eigenvalue weighted by Gasteiger charge is 2.29. The second-order valence-corrected chi connectivity index (χ2v) is 11.7. The summed E-state index contributed by atoms with van der Waals surface area (Å²) < 4.78 is 1.87. The summed E-state index contributed by atoms with van der Waals surface area (Å²) in [6.45, 7) is 4.97. The largest absolute Gasteiger partial charge is 0.306 e. The molecule has 0 aromatic carbocycles. The van der Waals surface area contributed by atoms with E-state index in [-0.39, 0.29) is 0 Å². The minimum Gasteiger partial charge on any atom is -0.306 e. The molecule has 5 heterocycles. The van der Waals surface area contributed by atoms with E-state index in [9.17, 15) is 0 Å². The molecule has 3 aromatic heterocycles. The highest BCUT2D eigenvalue weighted by atomic mass is 32.1. The third kappa shape index (κ3) is 4.38. The number of thiol groups is 1. The molecule has 7 heteroatoms. The molecule has 1 aliphatic carbocycles. The van der Waals surface area contributed by atoms with Crippen molar-refractivity contribution in [3.05, 3.63) is 34.4 Å². The van der Waals surface area contributed by atoms with E-state index in [4.69, 9.17) is 9.97 Å². The maximum absolute atomic E-state index is 5.11. The van der Waals surface area contributed by atoms with Gasteiger partial charge in [-0.2, -0.15) is 0 Å². The van der Waals surface area contributed by atoms with Gasteiger partial charge in [0.05, 0.1) is 10.7 Å². The van der Waals surface area contributed by atoms with Gasteiger partial charge >= 0.3 is 0 Å². The van der Waals surface area contributed by atoms with Crippen molar-refractivity contribution >= 4 is 35.2 Å². The van der Waals surface area contributed by atoms with E-state index in [2.05, 4.69) is 53.5 Å². The van der Waals surface area contributed by atoms with Crippen molar-refractivity contribution in [3.8, 4) is 11.3 Å². The third-order valence-corrected chi connectivity index (χ3v) is 9.65. The summed E-state index contributed by atoms with van der Waals surface area (Å²) in [7, 11) is 2.22. The fourth-order valence-electron chi connectivity index (χ4n) is 6.27. The van der Waals surface area contributed by atoms with Crippen LogP contribution >= 0.6 is 24.2 Å². The van der Waals surface area contributed by atoms with E-state index in [0.29, 0.717) is 11.8 Å². The summed E-state index contributed by atoms with van der Waals surface area (Å²) >= 11 is 6.51. The molecule has 1 saturated carbocycles. The van der Waals surface area contributed by atoms with Gasteiger partial charge in [-0.25, -0.2) is 9.97 Å². The monoisotopic (exact) mass is 481 g/mol. The zero-order chi connectivity index (χ0) is 22.4. The predicted molar refractivity (Wildman–Crippen MR) is 141 cm³/mol. The van der Waals surface area contributed by atoms with Gasteiger partial charge < -0.3 is 9.80 Å². The Kier molecular flexibility index (Phi) is 6.24. The van der Waals surface area contributed by atoms with Crippen molar-refractivity contribution in [2.24, 2.45) is 0 Å². The lowest BCUT2D eigenvalue weighted by molar-refractivity contribution is 0.182. The van der Waals surface area contributed by atoms with E-state index in [1.165, 1.54) is 99.1 Å². The summed E-state index contributed by atoms with van der Waals surface area (Å²) in [4.78, 5) is 15.1. The van der Waals surface area contributed by atoms with E-state index >= 15 is 0 Å². The number of thiazole rings is 1. The summed E-state index contributed by atoms with van der Waals surface area (Å²) in [5.74, 6) is 1.23. The number of nitrogens with zero attached hydrogens (tertiary/aromatic N) is 5. The van der Waals surface area contributed by atoms with E-state index in [1.807, 2.05) is 15.3 Å². The Bertz CT molecular complexity index is 1100. The van der Waals surface area contributed by atoms with Gasteiger partial charge in [0.25, 0.3) is 0 Å². The van der Waals surface area contributed by atoms with Crippen LogP contribution in [0.1, 0.15) is 73.8 Å². The first-order valence-corrected chi connectivity index (χ1v) is 14.0. The van der Waals surface area contributed by atoms with Gasteiger partial charge in [0, 0.05) is 40.7 Å². The minimum absolute atomic E-state index is 0.601. The maximum Gasteiger partial charge on any atom is 0.150 e. The van der Waals surface area contributed by atoms with Gasteiger partial charge in [-0.05, 0) is 102 Å². The quantitative estimate of drug-likeness (QED) is 0.479. The summed E-state index contributed by atoms with van der Waals surface area (Å²) in [5, 5.41) is 4.73. The molecule has 2 aliphatic heterocycles. The molecule has 0 amide bonds. The number of fused-ring (bicyclic) bond motifs is 1. The molecule has 0 bridgehead atoms. The lowest BCUT2D eigenvalue weighted by Crippen LogP contribution is -2.35. The predicted octanol–water partition coefficient (Wildman–Crippen LogP) is 5.78. The average Bonchev–Trinajstić information content (AvgIpc) is 3.60. The Morgan fingerprint density at radius 3 is 2.48 bits per heavy atom. The van der Waals surface area contributed by atoms with Gasteiger partial charge in [0.15, 0.2) is 0 Å². The minimum atomic E-state index is 0.601. The molecule has 0 atom stereocenters. The second kappa shape index (κ2) is 9.33. The van der Waals surface area contributed by atoms with Crippen molar-refractivity contribution in [3.63, 3.8) is 0 Å². The number of likely N-dealkylation sites (tertiary alicyclic amines) is 2. The highest BCUT2D eigenvalue weighted by molar-refractivity contribution is 7.78. The summed E-state index contributed by atoms with van der Waals surface area (Å²) in [6, 6.07) is 3.20. The zero-order valence-corrected chi connectivity index (χ0v) is 21.3. The molecule has 5 nitrogen and oxygen atoms in total. The van der Waals surface area contributed by atoms with Crippen LogP contribution in [0.3, 0.4) is 0 Å². The van der Waals surface area contributed by atoms with Crippen molar-refractivity contribution in [2.75, 3.05) is 33.2 Å². The zero-order valence-electron chi connectivity index (χ0n) is 19.6. The first kappa shape index (κ1) is 22.1. The van der Waals surface area contributed by atoms with Crippen molar-refractivity contribution in [1.29, 1.82) is 0 Å². The molecule has 3 aromatic rings. The van der Waals surface area contributed by atoms with Crippen molar-refractivity contribution < 1.29 is 0 Å². The molecule has 6 rings (SSSR count). The van der Waals surface area contributed by atoms with Crippen LogP contribution < -0.4 is 0 Å². The molecule has 0 unspecified atom stereocenters. The number of hydrogen-bond donors (Lipinski definition) is 1. The van der Waals surface area contributed by atoms with Crippen molar-refractivity contribution in [1.82, 2.24) is 23.7 Å². The normalized spacial score (nSPS) is 25.9. The molecule has 2 saturated heterocycles. The Hall–Kier alpha value is -1.41. The van der Waals surface area contributed by atoms with Crippen LogP contribution in [0, 0.1) is 0 Å². The Morgan fingerprint density at radius 2 is 1.73 bits per heavy atom. The molecule has 3 fully saturated rings. The van der Waals surface area contributed by atoms with Crippen LogP contribution in [-0.2, 0) is 0 Å². The number of pyridine rings is 1. The molecular weight excluding hydrogens is 446 g/mol. The molecule has 33 heavy (non-hydrogen) atoms. The highest BCUT2D eigenvalue weighted by Crippen LogP contribution is 2.39. The first-order chi connectivity index (χ1) is 16.2. The van der Waals surface area contributed by atoms with Crippen LogP contribution in [0.2, 0.25) is 0 Å². The lowest BCUT2D eigenvalue weighted by atomic mass is 9.81. The van der Waals surface area contributed by atoms with Gasteiger partial charge in [0.2, 0.25) is 0 Å². The van der Waals surface area contributed by atoms with Crippen LogP contribution in [0.25, 0.3) is 22.3 Å². The number of rotatable bonds is 4. The average molecular weight is 482 g/mol. The summed E-state index contributed by atoms with van der Waals surface area (Å²) in [6.07, 6.45) is 14.6. The molecule has 3 aliphatic rings. The Labute approximate surface area is 206 Å². The van der Waals surface area contributed by atoms with E-state index < -0.39 is 0 Å². The lowest BCUT2D eigenvalue weighted by Gasteiger charge is -2.34. The molecule has 0 spiro atoms. The summed E-state index contributed by atoms with van der Waals surface area (Å²) in [5.41, 5.74) is 4.60. The molecule has 176 valence electrons. The SMILES string of the molecule is CN1CCC(c2nc(-c3cn(S)c4ncc([C@H]5CC[C@H](N6CCCC6)CC5)cc34)cs2)CC1. The fourth-order valence-corrected chi connectivity index (χ4v) is 7.54. The second-order valence-electron chi connectivity index (χ2n) is 10.4. The smallest absolute Gasteiger partial charge is 0.150 e. The number of aromatic nitrogens is 3. The standard InChI is InChI=1S/C26H35N5S2/c1-29-12-8-19(9-13-29)26-28-24(17-33-26)23-16-31(32)25-22(23)14-20(15-27-25)18-4-6-21(7-5-18)30-10-2-3-11-30/h14-19,21,32H,2-13H2,1H3/t18-,21-. The van der Waals surface area contributed by atoms with Crippen LogP contribution in [0.5, 0.6) is 0 Å². The Morgan fingerprint density at radius 1 is 0.970 bits per heavy atom. The van der Waals surface area contributed by atoms with Crippen LogP contribution in [-0.4, -0.2) is 63.0 Å². The fraction of sp³-hybridized carbons (Fsp3) is 0.615. The van der Waals surface area contributed by atoms with Gasteiger partial charge in [0.1, 0.15) is 5.65 Å². The molecule has 0 radical (unpaired) electrons. The van der Waals surface area contributed by atoms with Gasteiger partial charge in [-0.1, -0.05) is 12.8 Å². The van der Waals surface area contributed by atoms with E-state index in [0.717, 1.165) is 17.4 Å². The van der Waals surface area contributed by atoms with E-state index in [1.54, 1.807) is 0 Å². The maximum atomic E-state index is 5.11. The first-order valence-electron chi connectivity index (χ1n) is 12.7. The van der Waals surface area contributed by atoms with Crippen molar-refractivity contribution in [2.45, 2.75) is 69.2 Å². The third-order valence-electron chi connectivity index (χ3n) is 8.34. The number of piperidine rings is 1. The topological polar surface area (TPSA) is 37.2 Å². The van der Waals surface area contributed by atoms with Crippen LogP contribution in [0.15, 0.2) is 23.8 Å². The Balaban J connectivity index is 1.23. The molecular formula is C26H35N5S2. The van der Waals surface area contributed by atoms with Gasteiger partial charge in [-0.15, -0.1) is 11.3 Å². The number of hydrogen-bond acceptors (Lipinski definition) is 6. The van der Waals surface area contributed by atoms with Crippen LogP contribution in [0.4, 0.5) is 0 Å². The molecule has 0 N–H and O–H groups in total.